The number of carbonyl (C=O) groups excluding carboxylic acids is 1. The fourth-order valence-corrected chi connectivity index (χ4v) is 1.48. The van der Waals surface area contributed by atoms with Crippen LogP contribution in [0.2, 0.25) is 0 Å². The van der Waals surface area contributed by atoms with Gasteiger partial charge in [0.05, 0.1) is 0 Å². The zero-order valence-corrected chi connectivity index (χ0v) is 7.36. The lowest BCUT2D eigenvalue weighted by atomic mass is 10.0. The Morgan fingerprint density at radius 3 is 2.67 bits per heavy atom. The number of rotatable bonds is 5. The molecule has 1 nitrogen and oxygen atoms in total. The molecule has 1 atom stereocenters. The number of alkyl halides is 1. The standard InChI is InChI=1S/C7H13BrO/c1-2-7(6-8)4-3-5-9/h5,7H,2-4,6H2,1H3. The summed E-state index contributed by atoms with van der Waals surface area (Å²) in [6.07, 6.45) is 3.90. The quantitative estimate of drug-likeness (QED) is 0.484. The molecular weight excluding hydrogens is 180 g/mol. The molecular formula is C7H13BrO. The van der Waals surface area contributed by atoms with Crippen molar-refractivity contribution in [2.24, 2.45) is 5.92 Å². The van der Waals surface area contributed by atoms with Gasteiger partial charge in [-0.15, -0.1) is 0 Å². The highest BCUT2D eigenvalue weighted by molar-refractivity contribution is 9.09. The second-order valence-corrected chi connectivity index (χ2v) is 2.82. The number of carbonyl (C=O) groups is 1. The van der Waals surface area contributed by atoms with Crippen LogP contribution in [0, 0.1) is 5.92 Å². The molecule has 0 saturated carbocycles. The average molecular weight is 193 g/mol. The summed E-state index contributed by atoms with van der Waals surface area (Å²) in [5, 5.41) is 1.03. The number of hydrogen-bond donors (Lipinski definition) is 0. The molecule has 0 aromatic heterocycles. The molecule has 0 heterocycles. The molecule has 1 unspecified atom stereocenters. The Kier molecular flexibility index (Phi) is 6.38. The Morgan fingerprint density at radius 2 is 2.33 bits per heavy atom. The molecule has 0 aromatic rings. The number of halogens is 1. The van der Waals surface area contributed by atoms with Crippen LogP contribution in [0.15, 0.2) is 0 Å². The Balaban J connectivity index is 3.19. The van der Waals surface area contributed by atoms with Gasteiger partial charge in [0, 0.05) is 11.8 Å². The van der Waals surface area contributed by atoms with Crippen LogP contribution in [-0.2, 0) is 4.79 Å². The van der Waals surface area contributed by atoms with E-state index in [0.29, 0.717) is 12.3 Å². The van der Waals surface area contributed by atoms with Gasteiger partial charge in [-0.2, -0.15) is 0 Å². The highest BCUT2D eigenvalue weighted by Gasteiger charge is 2.01. The molecule has 0 N–H and O–H groups in total. The molecule has 9 heavy (non-hydrogen) atoms. The van der Waals surface area contributed by atoms with E-state index in [2.05, 4.69) is 22.9 Å². The summed E-state index contributed by atoms with van der Waals surface area (Å²) in [6.45, 7) is 2.15. The Morgan fingerprint density at radius 1 is 1.67 bits per heavy atom. The molecule has 0 aliphatic carbocycles. The summed E-state index contributed by atoms with van der Waals surface area (Å²) < 4.78 is 0. The molecule has 0 saturated heterocycles. The summed E-state index contributed by atoms with van der Waals surface area (Å²) in [4.78, 5) is 9.93. The van der Waals surface area contributed by atoms with Gasteiger partial charge in [-0.3, -0.25) is 0 Å². The van der Waals surface area contributed by atoms with Gasteiger partial charge in [0.15, 0.2) is 0 Å². The van der Waals surface area contributed by atoms with E-state index < -0.39 is 0 Å². The van der Waals surface area contributed by atoms with Gasteiger partial charge in [-0.1, -0.05) is 29.3 Å². The Hall–Kier alpha value is 0.150. The van der Waals surface area contributed by atoms with E-state index >= 15 is 0 Å². The van der Waals surface area contributed by atoms with E-state index in [0.717, 1.165) is 18.0 Å². The van der Waals surface area contributed by atoms with Crippen LogP contribution in [0.25, 0.3) is 0 Å². The van der Waals surface area contributed by atoms with Crippen molar-refractivity contribution in [3.63, 3.8) is 0 Å². The first-order chi connectivity index (χ1) is 4.35. The van der Waals surface area contributed by atoms with Gasteiger partial charge < -0.3 is 4.79 Å². The zero-order chi connectivity index (χ0) is 7.11. The van der Waals surface area contributed by atoms with Crippen molar-refractivity contribution >= 4 is 22.2 Å². The molecule has 0 amide bonds. The smallest absolute Gasteiger partial charge is 0.120 e. The first-order valence-corrected chi connectivity index (χ1v) is 4.46. The van der Waals surface area contributed by atoms with Crippen molar-refractivity contribution in [3.05, 3.63) is 0 Å². The third-order valence-corrected chi connectivity index (χ3v) is 2.40. The topological polar surface area (TPSA) is 17.1 Å². The molecule has 0 aliphatic heterocycles. The first kappa shape index (κ1) is 9.15. The van der Waals surface area contributed by atoms with Crippen molar-refractivity contribution in [2.75, 3.05) is 5.33 Å². The molecule has 0 rings (SSSR count). The molecule has 0 spiro atoms. The SMILES string of the molecule is CCC(CBr)CCC=O. The lowest BCUT2D eigenvalue weighted by Gasteiger charge is -2.06. The van der Waals surface area contributed by atoms with Crippen LogP contribution in [0.5, 0.6) is 0 Å². The van der Waals surface area contributed by atoms with Crippen molar-refractivity contribution < 1.29 is 4.79 Å². The fraction of sp³-hybridized carbons (Fsp3) is 0.857. The largest absolute Gasteiger partial charge is 0.303 e. The van der Waals surface area contributed by atoms with E-state index in [1.165, 1.54) is 6.42 Å². The van der Waals surface area contributed by atoms with E-state index in [-0.39, 0.29) is 0 Å². The van der Waals surface area contributed by atoms with Crippen molar-refractivity contribution in [1.82, 2.24) is 0 Å². The lowest BCUT2D eigenvalue weighted by Crippen LogP contribution is -1.99. The van der Waals surface area contributed by atoms with Crippen molar-refractivity contribution in [3.8, 4) is 0 Å². The van der Waals surface area contributed by atoms with Crippen molar-refractivity contribution in [2.45, 2.75) is 26.2 Å². The summed E-state index contributed by atoms with van der Waals surface area (Å²) >= 11 is 3.39. The monoisotopic (exact) mass is 192 g/mol. The van der Waals surface area contributed by atoms with Crippen molar-refractivity contribution in [1.29, 1.82) is 0 Å². The van der Waals surface area contributed by atoms with Crippen LogP contribution in [-0.4, -0.2) is 11.6 Å². The van der Waals surface area contributed by atoms with Gasteiger partial charge in [-0.05, 0) is 12.3 Å². The zero-order valence-electron chi connectivity index (χ0n) is 5.77. The van der Waals surface area contributed by atoms with Crippen LogP contribution < -0.4 is 0 Å². The molecule has 0 fully saturated rings. The van der Waals surface area contributed by atoms with Gasteiger partial charge in [-0.25, -0.2) is 0 Å². The van der Waals surface area contributed by atoms with Crippen LogP contribution in [0.3, 0.4) is 0 Å². The van der Waals surface area contributed by atoms with Crippen LogP contribution in [0.1, 0.15) is 26.2 Å². The maximum Gasteiger partial charge on any atom is 0.120 e. The predicted octanol–water partition coefficient (Wildman–Crippen LogP) is 2.39. The molecule has 0 aliphatic rings. The first-order valence-electron chi connectivity index (χ1n) is 3.34. The third-order valence-electron chi connectivity index (χ3n) is 1.49. The second-order valence-electron chi connectivity index (χ2n) is 2.17. The summed E-state index contributed by atoms with van der Waals surface area (Å²) in [5.41, 5.74) is 0. The van der Waals surface area contributed by atoms with Gasteiger partial charge in [0.2, 0.25) is 0 Å². The van der Waals surface area contributed by atoms with Crippen LogP contribution >= 0.6 is 15.9 Å². The average Bonchev–Trinajstić information content (AvgIpc) is 1.91. The number of aldehydes is 1. The fourth-order valence-electron chi connectivity index (χ4n) is 0.694. The van der Waals surface area contributed by atoms with E-state index in [1.807, 2.05) is 0 Å². The van der Waals surface area contributed by atoms with E-state index in [9.17, 15) is 4.79 Å². The highest BCUT2D eigenvalue weighted by atomic mass is 79.9. The molecule has 2 heteroatoms. The maximum absolute atomic E-state index is 9.93. The molecule has 0 aromatic carbocycles. The van der Waals surface area contributed by atoms with E-state index in [4.69, 9.17) is 0 Å². The highest BCUT2D eigenvalue weighted by Crippen LogP contribution is 2.11. The second kappa shape index (κ2) is 6.27. The van der Waals surface area contributed by atoms with E-state index in [1.54, 1.807) is 0 Å². The Bertz CT molecular complexity index is 69.3. The minimum absolute atomic E-state index is 0.690. The third kappa shape index (κ3) is 4.64. The summed E-state index contributed by atoms with van der Waals surface area (Å²) in [7, 11) is 0. The minimum atomic E-state index is 0.690. The summed E-state index contributed by atoms with van der Waals surface area (Å²) in [5.74, 6) is 0.690. The molecule has 0 radical (unpaired) electrons. The lowest BCUT2D eigenvalue weighted by molar-refractivity contribution is -0.108. The van der Waals surface area contributed by atoms with Crippen LogP contribution in [0.4, 0.5) is 0 Å². The number of hydrogen-bond acceptors (Lipinski definition) is 1. The van der Waals surface area contributed by atoms with Gasteiger partial charge >= 0.3 is 0 Å². The Labute approximate surface area is 65.0 Å². The van der Waals surface area contributed by atoms with Gasteiger partial charge in [0.25, 0.3) is 0 Å². The predicted molar refractivity (Wildman–Crippen MR) is 42.9 cm³/mol. The molecule has 54 valence electrons. The maximum atomic E-state index is 9.93. The van der Waals surface area contributed by atoms with Gasteiger partial charge in [0.1, 0.15) is 6.29 Å². The minimum Gasteiger partial charge on any atom is -0.303 e. The summed E-state index contributed by atoms with van der Waals surface area (Å²) in [6, 6.07) is 0. The molecule has 0 bridgehead atoms. The normalized spacial score (nSPS) is 13.1.